The molecule has 0 aliphatic rings. The monoisotopic (exact) mass is 663 g/mol. The summed E-state index contributed by atoms with van der Waals surface area (Å²) in [5, 5.41) is 3.30. The van der Waals surface area contributed by atoms with Gasteiger partial charge >= 0.3 is 0 Å². The molecule has 0 aliphatic heterocycles. The molecule has 242 valence electrons. The van der Waals surface area contributed by atoms with Crippen molar-refractivity contribution in [3.8, 4) is 0 Å². The molecule has 4 rings (SSSR count). The van der Waals surface area contributed by atoms with Crippen molar-refractivity contribution in [3.05, 3.63) is 130 Å². The number of nitrogens with one attached hydrogen (secondary N) is 1. The van der Waals surface area contributed by atoms with Crippen LogP contribution in [0.3, 0.4) is 0 Å². The van der Waals surface area contributed by atoms with Crippen LogP contribution < -0.4 is 9.62 Å². The predicted molar refractivity (Wildman–Crippen MR) is 181 cm³/mol. The molecule has 0 fully saturated rings. The zero-order valence-corrected chi connectivity index (χ0v) is 28.0. The molecule has 0 spiro atoms. The van der Waals surface area contributed by atoms with E-state index in [-0.39, 0.29) is 35.2 Å². The summed E-state index contributed by atoms with van der Waals surface area (Å²) in [7, 11) is -4.29. The van der Waals surface area contributed by atoms with Crippen LogP contribution in [-0.4, -0.2) is 43.8 Å². The number of halogens is 2. The number of carbonyl (C=O) groups is 2. The first-order valence-electron chi connectivity index (χ1n) is 15.1. The minimum Gasteiger partial charge on any atom is -0.352 e. The van der Waals surface area contributed by atoms with E-state index >= 15 is 4.39 Å². The maximum atomic E-state index is 15.1. The fourth-order valence-corrected chi connectivity index (χ4v) is 6.49. The second kappa shape index (κ2) is 15.4. The number of rotatable bonds is 13. The summed E-state index contributed by atoms with van der Waals surface area (Å²) in [5.41, 5.74) is 2.76. The Hall–Kier alpha value is -4.21. The maximum Gasteiger partial charge on any atom is 0.264 e. The van der Waals surface area contributed by atoms with Crippen molar-refractivity contribution in [1.82, 2.24) is 10.2 Å². The van der Waals surface area contributed by atoms with Crippen LogP contribution >= 0.6 is 11.6 Å². The first-order chi connectivity index (χ1) is 21.9. The topological polar surface area (TPSA) is 86.8 Å². The number of anilines is 1. The predicted octanol–water partition coefficient (Wildman–Crippen LogP) is 6.85. The molecule has 2 atom stereocenters. The number of carbonyl (C=O) groups excluding carboxylic acids is 2. The van der Waals surface area contributed by atoms with E-state index in [2.05, 4.69) is 5.32 Å². The zero-order valence-electron chi connectivity index (χ0n) is 26.4. The van der Waals surface area contributed by atoms with Gasteiger partial charge in [0.2, 0.25) is 11.8 Å². The lowest BCUT2D eigenvalue weighted by molar-refractivity contribution is -0.140. The van der Waals surface area contributed by atoms with E-state index in [0.29, 0.717) is 11.4 Å². The summed E-state index contributed by atoms with van der Waals surface area (Å²) >= 11 is 6.43. The van der Waals surface area contributed by atoms with Gasteiger partial charge in [0.1, 0.15) is 18.4 Å². The highest BCUT2D eigenvalue weighted by Crippen LogP contribution is 2.29. The third kappa shape index (κ3) is 8.53. The molecule has 0 unspecified atom stereocenters. The Bertz CT molecular complexity index is 1770. The number of nitrogens with zero attached hydrogens (tertiary/aromatic N) is 2. The molecule has 0 aromatic heterocycles. The van der Waals surface area contributed by atoms with Crippen molar-refractivity contribution in [1.29, 1.82) is 0 Å². The maximum absolute atomic E-state index is 15.1. The van der Waals surface area contributed by atoms with Gasteiger partial charge in [-0.05, 0) is 68.7 Å². The van der Waals surface area contributed by atoms with E-state index in [0.717, 1.165) is 21.0 Å². The van der Waals surface area contributed by atoms with E-state index in [9.17, 15) is 18.0 Å². The van der Waals surface area contributed by atoms with E-state index < -0.39 is 40.2 Å². The largest absolute Gasteiger partial charge is 0.352 e. The van der Waals surface area contributed by atoms with Gasteiger partial charge in [-0.25, -0.2) is 12.8 Å². The van der Waals surface area contributed by atoms with Crippen LogP contribution in [0.5, 0.6) is 0 Å². The van der Waals surface area contributed by atoms with Gasteiger partial charge in [0.25, 0.3) is 10.0 Å². The molecule has 4 aromatic carbocycles. The number of aryl methyl sites for hydroxylation is 2. The van der Waals surface area contributed by atoms with Crippen LogP contribution in [0.25, 0.3) is 0 Å². The van der Waals surface area contributed by atoms with Gasteiger partial charge in [0.05, 0.1) is 10.6 Å². The Labute approximate surface area is 276 Å². The second-order valence-electron chi connectivity index (χ2n) is 11.4. The lowest BCUT2D eigenvalue weighted by atomic mass is 10.0. The molecule has 0 heterocycles. The van der Waals surface area contributed by atoms with Crippen LogP contribution in [0.1, 0.15) is 42.5 Å². The molecule has 0 bridgehead atoms. The minimum absolute atomic E-state index is 0.0152. The molecule has 0 radical (unpaired) electrons. The van der Waals surface area contributed by atoms with E-state index in [1.54, 1.807) is 49.4 Å². The Balaban J connectivity index is 1.83. The molecular weight excluding hydrogens is 625 g/mol. The Morgan fingerprint density at radius 3 is 2.20 bits per heavy atom. The number of amides is 2. The summed E-state index contributed by atoms with van der Waals surface area (Å²) in [4.78, 5) is 29.6. The van der Waals surface area contributed by atoms with Crippen LogP contribution in [0.4, 0.5) is 10.1 Å². The molecule has 46 heavy (non-hydrogen) atoms. The standard InChI is InChI=1S/C36H39ClFN3O4S/c1-5-27(4)39-36(43)34(21-28-11-7-6-8-12-28)40(23-29-13-9-10-14-33(29)38)35(42)24-41(30-18-17-26(3)32(37)22-30)46(44,45)31-19-15-25(2)16-20-31/h6-20,22,27,34H,5,21,23-24H2,1-4H3,(H,39,43)/t27-,34-/m0/s1. The first-order valence-corrected chi connectivity index (χ1v) is 16.9. The lowest BCUT2D eigenvalue weighted by Crippen LogP contribution is -2.54. The molecule has 0 saturated heterocycles. The van der Waals surface area contributed by atoms with Crippen molar-refractivity contribution >= 4 is 39.1 Å². The third-order valence-electron chi connectivity index (χ3n) is 7.90. The molecule has 1 N–H and O–H groups in total. The molecule has 0 aliphatic carbocycles. The average molecular weight is 664 g/mol. The summed E-state index contributed by atoms with van der Waals surface area (Å²) in [6.07, 6.45) is 0.784. The summed E-state index contributed by atoms with van der Waals surface area (Å²) in [6.45, 7) is 6.50. The van der Waals surface area contributed by atoms with Crippen molar-refractivity contribution in [2.75, 3.05) is 10.8 Å². The Morgan fingerprint density at radius 1 is 0.913 bits per heavy atom. The van der Waals surface area contributed by atoms with Crippen LogP contribution in [0.15, 0.2) is 102 Å². The highest BCUT2D eigenvalue weighted by atomic mass is 35.5. The van der Waals surface area contributed by atoms with E-state index in [1.165, 1.54) is 29.2 Å². The highest BCUT2D eigenvalue weighted by molar-refractivity contribution is 7.92. The number of hydrogen-bond donors (Lipinski definition) is 1. The summed E-state index contributed by atoms with van der Waals surface area (Å²) in [6, 6.07) is 25.0. The third-order valence-corrected chi connectivity index (χ3v) is 10.1. The molecule has 7 nitrogen and oxygen atoms in total. The van der Waals surface area contributed by atoms with Gasteiger partial charge in [-0.3, -0.25) is 13.9 Å². The number of sulfonamides is 1. The SMILES string of the molecule is CC[C@H](C)NC(=O)[C@H](Cc1ccccc1)N(Cc1ccccc1F)C(=O)CN(c1ccc(C)c(Cl)c1)S(=O)(=O)c1ccc(C)cc1. The van der Waals surface area contributed by atoms with Gasteiger partial charge in [0.15, 0.2) is 0 Å². The fourth-order valence-electron chi connectivity index (χ4n) is 4.91. The van der Waals surface area contributed by atoms with E-state index in [4.69, 9.17) is 11.6 Å². The molecule has 10 heteroatoms. The first kappa shape index (κ1) is 34.7. The fraction of sp³-hybridized carbons (Fsp3) is 0.278. The number of benzene rings is 4. The van der Waals surface area contributed by atoms with E-state index in [1.807, 2.05) is 51.1 Å². The molecular formula is C36H39ClFN3O4S. The van der Waals surface area contributed by atoms with Gasteiger partial charge in [-0.1, -0.05) is 90.8 Å². The van der Waals surface area contributed by atoms with Gasteiger partial charge in [-0.2, -0.15) is 0 Å². The van der Waals surface area contributed by atoms with Crippen molar-refractivity contribution in [2.24, 2.45) is 0 Å². The van der Waals surface area contributed by atoms with Gasteiger partial charge in [-0.15, -0.1) is 0 Å². The van der Waals surface area contributed by atoms with Crippen LogP contribution in [-0.2, 0) is 32.6 Å². The second-order valence-corrected chi connectivity index (χ2v) is 13.7. The smallest absolute Gasteiger partial charge is 0.264 e. The minimum atomic E-state index is -4.29. The van der Waals surface area contributed by atoms with Crippen molar-refractivity contribution < 1.29 is 22.4 Å². The van der Waals surface area contributed by atoms with Gasteiger partial charge in [0, 0.05) is 29.6 Å². The molecule has 0 saturated carbocycles. The zero-order chi connectivity index (χ0) is 33.4. The quantitative estimate of drug-likeness (QED) is 0.170. The Kier molecular flexibility index (Phi) is 11.6. The normalized spacial score (nSPS) is 12.7. The lowest BCUT2D eigenvalue weighted by Gasteiger charge is -2.34. The van der Waals surface area contributed by atoms with Crippen molar-refractivity contribution in [2.45, 2.75) is 64.1 Å². The summed E-state index contributed by atoms with van der Waals surface area (Å²) < 4.78 is 44.4. The van der Waals surface area contributed by atoms with Gasteiger partial charge < -0.3 is 10.2 Å². The van der Waals surface area contributed by atoms with Crippen LogP contribution in [0, 0.1) is 19.7 Å². The highest BCUT2D eigenvalue weighted by Gasteiger charge is 2.35. The van der Waals surface area contributed by atoms with Crippen LogP contribution in [0.2, 0.25) is 5.02 Å². The molecule has 4 aromatic rings. The Morgan fingerprint density at radius 2 is 1.57 bits per heavy atom. The summed E-state index contributed by atoms with van der Waals surface area (Å²) in [5.74, 6) is -1.65. The average Bonchev–Trinajstić information content (AvgIpc) is 3.04. The van der Waals surface area contributed by atoms with Crippen molar-refractivity contribution in [3.63, 3.8) is 0 Å². The molecule has 2 amide bonds. The number of hydrogen-bond acceptors (Lipinski definition) is 4.